The van der Waals surface area contributed by atoms with Gasteiger partial charge in [0.05, 0.1) is 20.8 Å². The molecule has 1 heterocycles. The third kappa shape index (κ3) is 3.74. The average Bonchev–Trinajstić information content (AvgIpc) is 2.47. The standard InChI is InChI=1S/C14H15ClN2O3/c1-18-11-4-3-10(9-12(11)19-2)6-8-20-14-16-7-5-13(15)17-14/h3-5,7,9H,6,8H2,1-2H3. The minimum absolute atomic E-state index is 0.276. The number of rotatable bonds is 6. The Bertz CT molecular complexity index is 578. The summed E-state index contributed by atoms with van der Waals surface area (Å²) in [5.74, 6) is 1.40. The molecule has 0 aliphatic rings. The molecule has 0 spiro atoms. The van der Waals surface area contributed by atoms with Crippen LogP contribution in [0.4, 0.5) is 0 Å². The first-order valence-corrected chi connectivity index (χ1v) is 6.43. The van der Waals surface area contributed by atoms with Gasteiger partial charge >= 0.3 is 6.01 Å². The maximum absolute atomic E-state index is 5.75. The summed E-state index contributed by atoms with van der Waals surface area (Å²) in [7, 11) is 3.22. The van der Waals surface area contributed by atoms with Crippen molar-refractivity contribution in [2.75, 3.05) is 20.8 Å². The Labute approximate surface area is 122 Å². The van der Waals surface area contributed by atoms with Gasteiger partial charge in [-0.25, -0.2) is 4.98 Å². The van der Waals surface area contributed by atoms with E-state index in [9.17, 15) is 0 Å². The predicted molar refractivity (Wildman–Crippen MR) is 75.8 cm³/mol. The number of hydrogen-bond donors (Lipinski definition) is 0. The smallest absolute Gasteiger partial charge is 0.317 e. The average molecular weight is 295 g/mol. The van der Waals surface area contributed by atoms with Gasteiger partial charge in [-0.05, 0) is 23.8 Å². The van der Waals surface area contributed by atoms with Crippen LogP contribution in [0.2, 0.25) is 5.15 Å². The highest BCUT2D eigenvalue weighted by Crippen LogP contribution is 2.27. The second-order valence-electron chi connectivity index (χ2n) is 3.95. The molecule has 6 heteroatoms. The number of benzene rings is 1. The zero-order valence-corrected chi connectivity index (χ0v) is 12.1. The van der Waals surface area contributed by atoms with E-state index in [-0.39, 0.29) is 6.01 Å². The Hall–Kier alpha value is -2.01. The minimum Gasteiger partial charge on any atom is -0.493 e. The molecule has 0 N–H and O–H groups in total. The van der Waals surface area contributed by atoms with E-state index in [0.29, 0.717) is 29.7 Å². The molecule has 0 bridgehead atoms. The first-order valence-electron chi connectivity index (χ1n) is 6.05. The molecule has 0 amide bonds. The Morgan fingerprint density at radius 3 is 2.60 bits per heavy atom. The van der Waals surface area contributed by atoms with E-state index < -0.39 is 0 Å². The number of hydrogen-bond acceptors (Lipinski definition) is 5. The molecule has 0 aliphatic carbocycles. The molecule has 5 nitrogen and oxygen atoms in total. The fourth-order valence-electron chi connectivity index (χ4n) is 1.69. The van der Waals surface area contributed by atoms with E-state index in [1.807, 2.05) is 18.2 Å². The van der Waals surface area contributed by atoms with Crippen molar-refractivity contribution in [1.29, 1.82) is 0 Å². The Kier molecular flexibility index (Phi) is 5.01. The first-order chi connectivity index (χ1) is 9.72. The normalized spacial score (nSPS) is 10.2. The highest BCUT2D eigenvalue weighted by atomic mass is 35.5. The van der Waals surface area contributed by atoms with Gasteiger partial charge in [0, 0.05) is 12.6 Å². The van der Waals surface area contributed by atoms with Gasteiger partial charge in [0.1, 0.15) is 5.15 Å². The second-order valence-corrected chi connectivity index (χ2v) is 4.34. The highest BCUT2D eigenvalue weighted by molar-refractivity contribution is 6.29. The topological polar surface area (TPSA) is 53.5 Å². The van der Waals surface area contributed by atoms with Gasteiger partial charge in [0.15, 0.2) is 11.5 Å². The molecule has 0 saturated carbocycles. The molecule has 0 radical (unpaired) electrons. The van der Waals surface area contributed by atoms with Crippen molar-refractivity contribution in [3.8, 4) is 17.5 Å². The second kappa shape index (κ2) is 6.96. The van der Waals surface area contributed by atoms with Crippen molar-refractivity contribution in [3.63, 3.8) is 0 Å². The summed E-state index contributed by atoms with van der Waals surface area (Å²) in [5, 5.41) is 0.362. The van der Waals surface area contributed by atoms with Gasteiger partial charge in [-0.1, -0.05) is 17.7 Å². The predicted octanol–water partition coefficient (Wildman–Crippen LogP) is 2.77. The van der Waals surface area contributed by atoms with Crippen LogP contribution in [0.25, 0.3) is 0 Å². The molecule has 2 aromatic rings. The van der Waals surface area contributed by atoms with Crippen LogP contribution in [0, 0.1) is 0 Å². The molecule has 20 heavy (non-hydrogen) atoms. The first kappa shape index (κ1) is 14.4. The SMILES string of the molecule is COc1ccc(CCOc2nccc(Cl)n2)cc1OC. The Morgan fingerprint density at radius 2 is 1.90 bits per heavy atom. The van der Waals surface area contributed by atoms with Crippen molar-refractivity contribution >= 4 is 11.6 Å². The Morgan fingerprint density at radius 1 is 1.10 bits per heavy atom. The van der Waals surface area contributed by atoms with Crippen LogP contribution in [-0.2, 0) is 6.42 Å². The lowest BCUT2D eigenvalue weighted by Gasteiger charge is -2.09. The summed E-state index contributed by atoms with van der Waals surface area (Å²) < 4.78 is 15.9. The lowest BCUT2D eigenvalue weighted by Crippen LogP contribution is -2.04. The van der Waals surface area contributed by atoms with Crippen molar-refractivity contribution in [1.82, 2.24) is 9.97 Å². The third-order valence-electron chi connectivity index (χ3n) is 2.67. The fraction of sp³-hybridized carbons (Fsp3) is 0.286. The van der Waals surface area contributed by atoms with Gasteiger partial charge in [0.25, 0.3) is 0 Å². The van der Waals surface area contributed by atoms with E-state index >= 15 is 0 Å². The van der Waals surface area contributed by atoms with E-state index in [1.54, 1.807) is 26.5 Å². The number of methoxy groups -OCH3 is 2. The highest BCUT2D eigenvalue weighted by Gasteiger charge is 2.05. The van der Waals surface area contributed by atoms with E-state index in [0.717, 1.165) is 5.56 Å². The molecule has 1 aromatic heterocycles. The van der Waals surface area contributed by atoms with Gasteiger partial charge in [-0.3, -0.25) is 0 Å². The molecule has 106 valence electrons. The lowest BCUT2D eigenvalue weighted by molar-refractivity contribution is 0.295. The van der Waals surface area contributed by atoms with Gasteiger partial charge in [0.2, 0.25) is 0 Å². The summed E-state index contributed by atoms with van der Waals surface area (Å²) in [4.78, 5) is 7.92. The minimum atomic E-state index is 0.276. The number of nitrogens with zero attached hydrogens (tertiary/aromatic N) is 2. The van der Waals surface area contributed by atoms with Crippen LogP contribution in [-0.4, -0.2) is 30.8 Å². The largest absolute Gasteiger partial charge is 0.493 e. The van der Waals surface area contributed by atoms with Crippen LogP contribution in [0.5, 0.6) is 17.5 Å². The maximum atomic E-state index is 5.75. The van der Waals surface area contributed by atoms with Crippen molar-refractivity contribution in [3.05, 3.63) is 41.2 Å². The summed E-state index contributed by atoms with van der Waals surface area (Å²) in [6.45, 7) is 0.454. The Balaban J connectivity index is 1.94. The molecular formula is C14H15ClN2O3. The van der Waals surface area contributed by atoms with Crippen LogP contribution in [0.3, 0.4) is 0 Å². The zero-order valence-electron chi connectivity index (χ0n) is 11.3. The van der Waals surface area contributed by atoms with E-state index in [2.05, 4.69) is 9.97 Å². The summed E-state index contributed by atoms with van der Waals surface area (Å²) in [6.07, 6.45) is 2.26. The quantitative estimate of drug-likeness (QED) is 0.767. The third-order valence-corrected chi connectivity index (χ3v) is 2.88. The van der Waals surface area contributed by atoms with Crippen LogP contribution < -0.4 is 14.2 Å². The fourth-order valence-corrected chi connectivity index (χ4v) is 1.81. The van der Waals surface area contributed by atoms with E-state index in [4.69, 9.17) is 25.8 Å². The molecule has 0 atom stereocenters. The molecule has 0 fully saturated rings. The summed E-state index contributed by atoms with van der Waals surface area (Å²) in [5.41, 5.74) is 1.07. The molecule has 2 rings (SSSR count). The monoisotopic (exact) mass is 294 g/mol. The summed E-state index contributed by atoms with van der Waals surface area (Å²) in [6, 6.07) is 7.62. The van der Waals surface area contributed by atoms with Crippen molar-refractivity contribution in [2.45, 2.75) is 6.42 Å². The molecular weight excluding hydrogens is 280 g/mol. The van der Waals surface area contributed by atoms with Crippen molar-refractivity contribution < 1.29 is 14.2 Å². The van der Waals surface area contributed by atoms with Gasteiger partial charge < -0.3 is 14.2 Å². The number of ether oxygens (including phenoxy) is 3. The maximum Gasteiger partial charge on any atom is 0.317 e. The number of halogens is 1. The molecule has 0 saturated heterocycles. The van der Waals surface area contributed by atoms with Crippen molar-refractivity contribution in [2.24, 2.45) is 0 Å². The number of aromatic nitrogens is 2. The van der Waals surface area contributed by atoms with Crippen LogP contribution in [0.1, 0.15) is 5.56 Å². The van der Waals surface area contributed by atoms with Crippen LogP contribution >= 0.6 is 11.6 Å². The molecule has 1 aromatic carbocycles. The van der Waals surface area contributed by atoms with E-state index in [1.165, 1.54) is 0 Å². The van der Waals surface area contributed by atoms with Gasteiger partial charge in [-0.15, -0.1) is 0 Å². The molecule has 0 aliphatic heterocycles. The molecule has 0 unspecified atom stereocenters. The zero-order chi connectivity index (χ0) is 14.4. The lowest BCUT2D eigenvalue weighted by atomic mass is 10.1. The van der Waals surface area contributed by atoms with Crippen LogP contribution in [0.15, 0.2) is 30.5 Å². The van der Waals surface area contributed by atoms with Gasteiger partial charge in [-0.2, -0.15) is 4.98 Å². The summed E-state index contributed by atoms with van der Waals surface area (Å²) >= 11 is 5.75.